The maximum Gasteiger partial charge on any atom is 0.338 e. The summed E-state index contributed by atoms with van der Waals surface area (Å²) in [4.78, 5) is 31.2. The molecule has 12 heteroatoms. The number of aliphatic hydroxyl groups excluding tert-OH is 2. The van der Waals surface area contributed by atoms with E-state index in [4.69, 9.17) is 28.4 Å². The summed E-state index contributed by atoms with van der Waals surface area (Å²) >= 11 is 0. The van der Waals surface area contributed by atoms with E-state index in [2.05, 4.69) is 18.7 Å². The lowest BCUT2D eigenvalue weighted by Gasteiger charge is -2.70. The van der Waals surface area contributed by atoms with Crippen LogP contribution < -0.4 is 0 Å². The van der Waals surface area contributed by atoms with E-state index in [1.807, 2.05) is 6.07 Å². The van der Waals surface area contributed by atoms with Crippen LogP contribution in [0.25, 0.3) is 0 Å². The van der Waals surface area contributed by atoms with Gasteiger partial charge >= 0.3 is 11.9 Å². The number of carbonyl (C=O) groups excluding carboxylic acids is 2. The molecule has 1 saturated heterocycles. The topological polar surface area (TPSA) is 153 Å². The highest BCUT2D eigenvalue weighted by Crippen LogP contribution is 2.80. The number of nitrogens with zero attached hydrogens (tertiary/aromatic N) is 1. The Morgan fingerprint density at radius 1 is 0.706 bits per heavy atom. The molecular formula is C56H91NO11. The van der Waals surface area contributed by atoms with Crippen LogP contribution in [0.3, 0.4) is 0 Å². The number of rotatable bonds is 31. The third-order valence-electron chi connectivity index (χ3n) is 18.6. The van der Waals surface area contributed by atoms with Gasteiger partial charge in [-0.1, -0.05) is 160 Å². The van der Waals surface area contributed by atoms with E-state index in [0.29, 0.717) is 31.5 Å². The predicted octanol–water partition coefficient (Wildman–Crippen LogP) is 9.23. The van der Waals surface area contributed by atoms with Crippen LogP contribution in [-0.4, -0.2) is 134 Å². The Bertz CT molecular complexity index is 1730. The number of ether oxygens (including phenoxy) is 6. The molecule has 6 aliphatic rings. The molecule has 6 fully saturated rings. The van der Waals surface area contributed by atoms with Crippen molar-refractivity contribution in [2.24, 2.45) is 34.5 Å². The molecule has 12 nitrogen and oxygen atoms in total. The zero-order chi connectivity index (χ0) is 48.5. The summed E-state index contributed by atoms with van der Waals surface area (Å²) in [5.41, 5.74) is -4.83. The molecule has 1 spiro atoms. The van der Waals surface area contributed by atoms with E-state index in [1.165, 1.54) is 116 Å². The van der Waals surface area contributed by atoms with Gasteiger partial charge in [0, 0.05) is 82.5 Å². The number of benzene rings is 1. The fourth-order valence-corrected chi connectivity index (χ4v) is 16.0. The van der Waals surface area contributed by atoms with E-state index in [1.54, 1.807) is 45.6 Å². The van der Waals surface area contributed by atoms with Crippen molar-refractivity contribution in [3.05, 3.63) is 35.9 Å². The van der Waals surface area contributed by atoms with Crippen molar-refractivity contribution in [2.75, 3.05) is 48.1 Å². The number of methoxy groups -OCH3 is 4. The Morgan fingerprint density at radius 3 is 1.76 bits per heavy atom. The maximum atomic E-state index is 14.6. The minimum absolute atomic E-state index is 0.0887. The molecule has 68 heavy (non-hydrogen) atoms. The van der Waals surface area contributed by atoms with Gasteiger partial charge in [-0.2, -0.15) is 0 Å². The fourth-order valence-electron chi connectivity index (χ4n) is 16.0. The first-order valence-corrected chi connectivity index (χ1v) is 27.4. The number of fused-ring (bicyclic) bond motifs is 2. The maximum absolute atomic E-state index is 14.6. The number of aliphatic hydroxyl groups is 3. The predicted molar refractivity (Wildman–Crippen MR) is 262 cm³/mol. The van der Waals surface area contributed by atoms with Gasteiger partial charge in [0.2, 0.25) is 0 Å². The second-order valence-electron chi connectivity index (χ2n) is 22.1. The Kier molecular flexibility index (Phi) is 19.0. The second-order valence-corrected chi connectivity index (χ2v) is 22.1. The zero-order valence-electron chi connectivity index (χ0n) is 42.9. The van der Waals surface area contributed by atoms with Gasteiger partial charge in [0.15, 0.2) is 5.60 Å². The molecular weight excluding hydrogens is 863 g/mol. The Morgan fingerprint density at radius 2 is 1.26 bits per heavy atom. The van der Waals surface area contributed by atoms with Crippen LogP contribution in [0.1, 0.15) is 178 Å². The SMILES string of the molecule is CCCCCCCCCCCCCCCCCCCCCCCC(=O)O[C@]12[C@H]3[C@@H](OC(=O)c4ccccc4)[C@](O)(C[C@H]3[C@@]34C5[C@@H]1[C@H](OC)[C@@H]3[C@](COC)(CN5CC)[C@H](O)C[C@@H]4OC)[C@@H](OC)[C@@H]2O. The number of piperidine rings is 1. The first kappa shape index (κ1) is 53.6. The highest BCUT2D eigenvalue weighted by molar-refractivity contribution is 5.89. The lowest BCUT2D eigenvalue weighted by Crippen LogP contribution is -2.81. The molecule has 1 aliphatic heterocycles. The highest BCUT2D eigenvalue weighted by Gasteiger charge is 2.92. The summed E-state index contributed by atoms with van der Waals surface area (Å²) in [6, 6.07) is 8.34. The molecule has 1 aromatic carbocycles. The Balaban J connectivity index is 1.03. The Hall–Kier alpha value is -2.16. The fraction of sp³-hybridized carbons (Fsp3) is 0.857. The molecule has 386 valence electrons. The number of unbranched alkanes of at least 4 members (excludes halogenated alkanes) is 20. The minimum Gasteiger partial charge on any atom is -0.455 e. The van der Waals surface area contributed by atoms with Gasteiger partial charge < -0.3 is 43.7 Å². The van der Waals surface area contributed by atoms with Crippen molar-refractivity contribution in [1.82, 2.24) is 4.90 Å². The monoisotopic (exact) mass is 954 g/mol. The van der Waals surface area contributed by atoms with Crippen LogP contribution in [0.2, 0.25) is 0 Å². The van der Waals surface area contributed by atoms with Crippen molar-refractivity contribution in [2.45, 2.75) is 222 Å². The van der Waals surface area contributed by atoms with Crippen LogP contribution in [0.5, 0.6) is 0 Å². The minimum atomic E-state index is -1.85. The molecule has 1 heterocycles. The molecule has 0 aromatic heterocycles. The lowest BCUT2D eigenvalue weighted by atomic mass is 9.42. The van der Waals surface area contributed by atoms with Gasteiger partial charge in [-0.15, -0.1) is 0 Å². The highest BCUT2D eigenvalue weighted by atomic mass is 16.6. The van der Waals surface area contributed by atoms with Crippen LogP contribution in [0.4, 0.5) is 0 Å². The third kappa shape index (κ3) is 9.62. The average Bonchev–Trinajstić information content (AvgIpc) is 3.72. The van der Waals surface area contributed by atoms with Crippen LogP contribution in [-0.2, 0) is 33.2 Å². The quantitative estimate of drug-likeness (QED) is 0.0481. The van der Waals surface area contributed by atoms with Crippen molar-refractivity contribution >= 4 is 11.9 Å². The van der Waals surface area contributed by atoms with Gasteiger partial charge in [0.25, 0.3) is 0 Å². The molecule has 0 amide bonds. The summed E-state index contributed by atoms with van der Waals surface area (Å²) < 4.78 is 38.8. The molecule has 5 aliphatic carbocycles. The van der Waals surface area contributed by atoms with Crippen molar-refractivity contribution in [3.8, 4) is 0 Å². The summed E-state index contributed by atoms with van der Waals surface area (Å²) in [6.45, 7) is 5.72. The molecule has 7 rings (SSSR count). The molecule has 1 unspecified atom stereocenters. The van der Waals surface area contributed by atoms with Crippen LogP contribution in [0, 0.1) is 34.5 Å². The second kappa shape index (κ2) is 24.0. The largest absolute Gasteiger partial charge is 0.455 e. The molecule has 0 radical (unpaired) electrons. The number of hydrogen-bond donors (Lipinski definition) is 3. The van der Waals surface area contributed by atoms with Crippen molar-refractivity contribution in [1.29, 1.82) is 0 Å². The smallest absolute Gasteiger partial charge is 0.338 e. The molecule has 3 N–H and O–H groups in total. The van der Waals surface area contributed by atoms with E-state index >= 15 is 0 Å². The standard InChI is InChI=1S/C56H91NO11/c1-7-9-10-11-12-13-14-15-16-17-18-19-20-21-22-23-24-25-26-27-31-34-43(59)68-56-44-40(36-54(62,51(66-6)49(56)60)50(44)67-52(61)39-32-29-28-30-33-39)55-42(64-4)35-41(58)53(38-63-3)37-57(8-2)48(55)45(56)46(65-5)47(53)55/h28-30,32-33,40-42,44-51,58,60,62H,7-27,31,34-38H2,1-6H3/t40-,41-,42+,44-,45+,46+,47-,48?,49+,50-,51+,53+,54-,55+,56-/m1/s1. The summed E-state index contributed by atoms with van der Waals surface area (Å²) in [5, 5.41) is 38.5. The van der Waals surface area contributed by atoms with E-state index in [-0.39, 0.29) is 31.4 Å². The average molecular weight is 954 g/mol. The lowest BCUT2D eigenvalue weighted by molar-refractivity contribution is -0.323. The van der Waals surface area contributed by atoms with Crippen molar-refractivity contribution < 1.29 is 53.3 Å². The van der Waals surface area contributed by atoms with Gasteiger partial charge in [0.1, 0.15) is 23.9 Å². The number of carbonyl (C=O) groups is 2. The first-order valence-electron chi connectivity index (χ1n) is 27.4. The van der Waals surface area contributed by atoms with Crippen LogP contribution in [0.15, 0.2) is 30.3 Å². The summed E-state index contributed by atoms with van der Waals surface area (Å²) in [7, 11) is 6.44. The number of esters is 2. The summed E-state index contributed by atoms with van der Waals surface area (Å²) in [6.07, 6.45) is 21.5. The van der Waals surface area contributed by atoms with E-state index in [0.717, 1.165) is 19.3 Å². The molecule has 7 bridgehead atoms. The molecule has 5 saturated carbocycles. The van der Waals surface area contributed by atoms with Gasteiger partial charge in [0.05, 0.1) is 30.5 Å². The molecule has 1 aromatic rings. The normalized spacial score (nSPS) is 37.6. The van der Waals surface area contributed by atoms with E-state index in [9.17, 15) is 24.9 Å². The Labute approximate surface area is 409 Å². The van der Waals surface area contributed by atoms with Gasteiger partial charge in [-0.25, -0.2) is 4.79 Å². The van der Waals surface area contributed by atoms with E-state index < -0.39 is 88.3 Å². The van der Waals surface area contributed by atoms with Crippen LogP contribution >= 0.6 is 0 Å². The summed E-state index contributed by atoms with van der Waals surface area (Å²) in [5.74, 6) is -3.47. The zero-order valence-corrected chi connectivity index (χ0v) is 42.9. The van der Waals surface area contributed by atoms with Crippen molar-refractivity contribution in [3.63, 3.8) is 0 Å². The number of likely N-dealkylation sites (tertiary alicyclic amines) is 1. The third-order valence-corrected chi connectivity index (χ3v) is 18.6. The first-order chi connectivity index (χ1) is 33.0. The number of hydrogen-bond acceptors (Lipinski definition) is 12. The molecule has 15 atom stereocenters. The van der Waals surface area contributed by atoms with Gasteiger partial charge in [-0.05, 0) is 37.4 Å². The van der Waals surface area contributed by atoms with Gasteiger partial charge in [-0.3, -0.25) is 9.69 Å².